The molecular formula is C7H14F3NO. The molecule has 1 atom stereocenters. The molecule has 0 aromatic heterocycles. The highest BCUT2D eigenvalue weighted by atomic mass is 19.4. The lowest BCUT2D eigenvalue weighted by Crippen LogP contribution is -2.32. The Morgan fingerprint density at radius 2 is 1.92 bits per heavy atom. The maximum Gasteiger partial charge on any atom is 0.401 e. The summed E-state index contributed by atoms with van der Waals surface area (Å²) in [6.45, 7) is 0.901. The molecule has 0 radical (unpaired) electrons. The summed E-state index contributed by atoms with van der Waals surface area (Å²) in [6, 6.07) is 0. The number of rotatable bonds is 4. The molecule has 0 aromatic rings. The maximum atomic E-state index is 11.7. The fraction of sp³-hybridized carbons (Fsp3) is 1.00. The van der Waals surface area contributed by atoms with Crippen LogP contribution >= 0.6 is 0 Å². The molecule has 0 spiro atoms. The van der Waals surface area contributed by atoms with Crippen molar-refractivity contribution in [2.75, 3.05) is 20.1 Å². The zero-order chi connectivity index (χ0) is 9.78. The Labute approximate surface area is 70.0 Å². The van der Waals surface area contributed by atoms with Gasteiger partial charge in [-0.3, -0.25) is 4.90 Å². The third-order valence-corrected chi connectivity index (χ3v) is 1.38. The quantitative estimate of drug-likeness (QED) is 0.712. The van der Waals surface area contributed by atoms with Crippen molar-refractivity contribution in [2.45, 2.75) is 25.6 Å². The van der Waals surface area contributed by atoms with E-state index in [1.165, 1.54) is 7.05 Å². The van der Waals surface area contributed by atoms with Gasteiger partial charge in [-0.25, -0.2) is 0 Å². The average molecular weight is 185 g/mol. The molecule has 0 aliphatic heterocycles. The van der Waals surface area contributed by atoms with E-state index in [0.717, 1.165) is 4.90 Å². The summed E-state index contributed by atoms with van der Waals surface area (Å²) in [5.74, 6) is 0. The molecule has 1 unspecified atom stereocenters. The zero-order valence-electron chi connectivity index (χ0n) is 7.23. The molecule has 0 rings (SSSR count). The van der Waals surface area contributed by atoms with Gasteiger partial charge in [-0.2, -0.15) is 13.2 Å². The first kappa shape index (κ1) is 11.7. The summed E-state index contributed by atoms with van der Waals surface area (Å²) in [6.07, 6.45) is -4.32. The third kappa shape index (κ3) is 7.81. The van der Waals surface area contributed by atoms with Crippen LogP contribution in [-0.4, -0.2) is 42.4 Å². The van der Waals surface area contributed by atoms with Crippen LogP contribution in [0.25, 0.3) is 0 Å². The molecule has 0 fully saturated rings. The van der Waals surface area contributed by atoms with Crippen molar-refractivity contribution in [3.8, 4) is 0 Å². The van der Waals surface area contributed by atoms with Crippen molar-refractivity contribution in [3.05, 3.63) is 0 Å². The summed E-state index contributed by atoms with van der Waals surface area (Å²) in [4.78, 5) is 1.15. The Bertz CT molecular complexity index is 124. The highest BCUT2D eigenvalue weighted by molar-refractivity contribution is 4.60. The second-order valence-corrected chi connectivity index (χ2v) is 2.99. The lowest BCUT2D eigenvalue weighted by atomic mass is 10.3. The Kier molecular flexibility index (Phi) is 4.55. The van der Waals surface area contributed by atoms with Gasteiger partial charge in [0.25, 0.3) is 0 Å². The summed E-state index contributed by atoms with van der Waals surface area (Å²) in [5, 5.41) is 8.79. The standard InChI is InChI=1S/C7H14F3NO/c1-6(12)3-4-11(2)5-7(8,9)10/h6,12H,3-5H2,1-2H3. The minimum absolute atomic E-state index is 0.261. The molecule has 1 N–H and O–H groups in total. The Balaban J connectivity index is 3.53. The monoisotopic (exact) mass is 185 g/mol. The lowest BCUT2D eigenvalue weighted by Gasteiger charge is -2.18. The van der Waals surface area contributed by atoms with E-state index in [1.54, 1.807) is 6.92 Å². The predicted octanol–water partition coefficient (Wildman–Crippen LogP) is 1.25. The second kappa shape index (κ2) is 4.67. The number of aliphatic hydroxyl groups excluding tert-OH is 1. The molecule has 74 valence electrons. The van der Waals surface area contributed by atoms with Gasteiger partial charge in [0.2, 0.25) is 0 Å². The van der Waals surface area contributed by atoms with Gasteiger partial charge in [0.15, 0.2) is 0 Å². The fourth-order valence-corrected chi connectivity index (χ4v) is 0.792. The van der Waals surface area contributed by atoms with E-state index in [0.29, 0.717) is 6.42 Å². The highest BCUT2D eigenvalue weighted by Gasteiger charge is 2.28. The maximum absolute atomic E-state index is 11.7. The molecule has 0 bridgehead atoms. The average Bonchev–Trinajstić information content (AvgIpc) is 1.79. The van der Waals surface area contributed by atoms with Crippen LogP contribution in [0.3, 0.4) is 0 Å². The van der Waals surface area contributed by atoms with E-state index >= 15 is 0 Å². The third-order valence-electron chi connectivity index (χ3n) is 1.38. The minimum Gasteiger partial charge on any atom is -0.393 e. The van der Waals surface area contributed by atoms with Crippen molar-refractivity contribution >= 4 is 0 Å². The van der Waals surface area contributed by atoms with Crippen LogP contribution in [0.5, 0.6) is 0 Å². The number of aliphatic hydroxyl groups is 1. The van der Waals surface area contributed by atoms with Gasteiger partial charge in [-0.15, -0.1) is 0 Å². The van der Waals surface area contributed by atoms with Crippen molar-refractivity contribution in [1.82, 2.24) is 4.90 Å². The number of hydrogen-bond donors (Lipinski definition) is 1. The lowest BCUT2D eigenvalue weighted by molar-refractivity contribution is -0.143. The van der Waals surface area contributed by atoms with Gasteiger partial charge in [0.05, 0.1) is 12.6 Å². The van der Waals surface area contributed by atoms with Crippen LogP contribution in [0.1, 0.15) is 13.3 Å². The van der Waals surface area contributed by atoms with Crippen molar-refractivity contribution < 1.29 is 18.3 Å². The Hall–Kier alpha value is -0.290. The predicted molar refractivity (Wildman–Crippen MR) is 39.8 cm³/mol. The van der Waals surface area contributed by atoms with Gasteiger partial charge >= 0.3 is 6.18 Å². The minimum atomic E-state index is -4.15. The molecule has 0 aliphatic carbocycles. The Morgan fingerprint density at radius 3 is 2.25 bits per heavy atom. The molecular weight excluding hydrogens is 171 g/mol. The second-order valence-electron chi connectivity index (χ2n) is 2.99. The molecule has 0 heterocycles. The van der Waals surface area contributed by atoms with Crippen LogP contribution in [0.2, 0.25) is 0 Å². The smallest absolute Gasteiger partial charge is 0.393 e. The van der Waals surface area contributed by atoms with Crippen molar-refractivity contribution in [1.29, 1.82) is 0 Å². The first-order valence-electron chi connectivity index (χ1n) is 3.74. The normalized spacial score (nSPS) is 15.2. The van der Waals surface area contributed by atoms with Crippen molar-refractivity contribution in [3.63, 3.8) is 0 Å². The highest BCUT2D eigenvalue weighted by Crippen LogP contribution is 2.15. The summed E-state index contributed by atoms with van der Waals surface area (Å²) >= 11 is 0. The van der Waals surface area contributed by atoms with E-state index in [4.69, 9.17) is 5.11 Å². The number of alkyl halides is 3. The summed E-state index contributed by atoms with van der Waals surface area (Å²) in [7, 11) is 1.38. The van der Waals surface area contributed by atoms with Crippen LogP contribution in [0.15, 0.2) is 0 Å². The van der Waals surface area contributed by atoms with E-state index in [2.05, 4.69) is 0 Å². The number of hydrogen-bond acceptors (Lipinski definition) is 2. The zero-order valence-corrected chi connectivity index (χ0v) is 7.23. The van der Waals surface area contributed by atoms with Gasteiger partial charge in [0.1, 0.15) is 0 Å². The van der Waals surface area contributed by atoms with Crippen LogP contribution < -0.4 is 0 Å². The number of halogens is 3. The van der Waals surface area contributed by atoms with Crippen LogP contribution in [0.4, 0.5) is 13.2 Å². The Morgan fingerprint density at radius 1 is 1.42 bits per heavy atom. The molecule has 2 nitrogen and oxygen atoms in total. The molecule has 0 aliphatic rings. The van der Waals surface area contributed by atoms with Gasteiger partial charge in [-0.1, -0.05) is 0 Å². The molecule has 0 saturated carbocycles. The molecule has 0 saturated heterocycles. The van der Waals surface area contributed by atoms with Crippen molar-refractivity contribution in [2.24, 2.45) is 0 Å². The van der Waals surface area contributed by atoms with Gasteiger partial charge in [-0.05, 0) is 20.4 Å². The topological polar surface area (TPSA) is 23.5 Å². The first-order valence-corrected chi connectivity index (χ1v) is 3.74. The fourth-order valence-electron chi connectivity index (χ4n) is 0.792. The molecule has 12 heavy (non-hydrogen) atoms. The summed E-state index contributed by atoms with van der Waals surface area (Å²) < 4.78 is 35.2. The van der Waals surface area contributed by atoms with E-state index < -0.39 is 18.8 Å². The van der Waals surface area contributed by atoms with Crippen LogP contribution in [0, 0.1) is 0 Å². The molecule has 0 amide bonds. The van der Waals surface area contributed by atoms with E-state index in [9.17, 15) is 13.2 Å². The van der Waals surface area contributed by atoms with E-state index in [-0.39, 0.29) is 6.54 Å². The van der Waals surface area contributed by atoms with Crippen LogP contribution in [-0.2, 0) is 0 Å². The molecule has 5 heteroatoms. The SMILES string of the molecule is CC(O)CCN(C)CC(F)(F)F. The largest absolute Gasteiger partial charge is 0.401 e. The van der Waals surface area contributed by atoms with Gasteiger partial charge < -0.3 is 5.11 Å². The first-order chi connectivity index (χ1) is 5.31. The van der Waals surface area contributed by atoms with Gasteiger partial charge in [0, 0.05) is 6.54 Å². The van der Waals surface area contributed by atoms with E-state index in [1.807, 2.05) is 0 Å². The summed E-state index contributed by atoms with van der Waals surface area (Å²) in [5.41, 5.74) is 0. The number of nitrogens with zero attached hydrogens (tertiary/aromatic N) is 1. The molecule has 0 aromatic carbocycles.